The number of non-ortho nitro benzene ring substituents is 1. The standard InChI is InChI=1S/C16H14N4O3S/c1-10(24-16-18-13-7-2-3-8-14(13)19-16)15(21)17-11-5-4-6-12(9-11)20(22)23/h2-10H,1H3,(H,17,21)(H,18,19)/t10-/m0/s1. The van der Waals surface area contributed by atoms with Crippen LogP contribution in [-0.4, -0.2) is 26.0 Å². The van der Waals surface area contributed by atoms with Gasteiger partial charge in [0.1, 0.15) is 0 Å². The van der Waals surface area contributed by atoms with Crippen molar-refractivity contribution in [1.29, 1.82) is 0 Å². The number of hydrogen-bond donors (Lipinski definition) is 2. The van der Waals surface area contributed by atoms with Gasteiger partial charge in [0, 0.05) is 17.8 Å². The Morgan fingerprint density at radius 2 is 2.08 bits per heavy atom. The summed E-state index contributed by atoms with van der Waals surface area (Å²) >= 11 is 1.29. The molecule has 1 aromatic heterocycles. The average Bonchev–Trinajstić information content (AvgIpc) is 2.97. The second-order valence-electron chi connectivity index (χ2n) is 5.12. The molecule has 1 amide bonds. The highest BCUT2D eigenvalue weighted by Crippen LogP contribution is 2.25. The number of nitro benzene ring substituents is 1. The summed E-state index contributed by atoms with van der Waals surface area (Å²) < 4.78 is 0. The van der Waals surface area contributed by atoms with Crippen molar-refractivity contribution in [3.63, 3.8) is 0 Å². The summed E-state index contributed by atoms with van der Waals surface area (Å²) in [6.45, 7) is 1.75. The Kier molecular flexibility index (Phi) is 4.48. The molecule has 2 aromatic carbocycles. The largest absolute Gasteiger partial charge is 0.333 e. The third kappa shape index (κ3) is 3.54. The summed E-state index contributed by atoms with van der Waals surface area (Å²) in [5.41, 5.74) is 2.08. The van der Waals surface area contributed by atoms with Crippen molar-refractivity contribution in [3.05, 3.63) is 58.6 Å². The number of aromatic amines is 1. The number of nitrogens with zero attached hydrogens (tertiary/aromatic N) is 2. The van der Waals surface area contributed by atoms with Gasteiger partial charge in [-0.25, -0.2) is 4.98 Å². The molecule has 0 unspecified atom stereocenters. The second-order valence-corrected chi connectivity index (χ2v) is 6.45. The third-order valence-electron chi connectivity index (χ3n) is 3.35. The minimum absolute atomic E-state index is 0.0645. The number of H-pyrrole nitrogens is 1. The smallest absolute Gasteiger partial charge is 0.271 e. The summed E-state index contributed by atoms with van der Waals surface area (Å²) in [6.07, 6.45) is 0. The van der Waals surface area contributed by atoms with Crippen molar-refractivity contribution in [1.82, 2.24) is 9.97 Å². The molecule has 0 saturated carbocycles. The topological polar surface area (TPSA) is 101 Å². The molecule has 0 aliphatic heterocycles. The van der Waals surface area contributed by atoms with E-state index in [4.69, 9.17) is 0 Å². The predicted octanol–water partition coefficient (Wildman–Crippen LogP) is 3.59. The molecule has 0 radical (unpaired) electrons. The highest BCUT2D eigenvalue weighted by Gasteiger charge is 2.17. The molecule has 3 rings (SSSR count). The Morgan fingerprint density at radius 1 is 1.29 bits per heavy atom. The summed E-state index contributed by atoms with van der Waals surface area (Å²) in [5, 5.41) is 13.7. The van der Waals surface area contributed by atoms with E-state index in [1.54, 1.807) is 13.0 Å². The number of fused-ring (bicyclic) bond motifs is 1. The maximum atomic E-state index is 12.3. The van der Waals surface area contributed by atoms with Crippen LogP contribution in [0, 0.1) is 10.1 Å². The lowest BCUT2D eigenvalue weighted by atomic mass is 10.2. The first-order valence-corrected chi connectivity index (χ1v) is 8.07. The summed E-state index contributed by atoms with van der Waals surface area (Å²) in [6, 6.07) is 13.5. The molecule has 0 spiro atoms. The molecule has 7 nitrogen and oxygen atoms in total. The first-order valence-electron chi connectivity index (χ1n) is 7.19. The number of imidazole rings is 1. The number of hydrogen-bond acceptors (Lipinski definition) is 5. The number of anilines is 1. The Labute approximate surface area is 141 Å². The Balaban J connectivity index is 1.68. The number of thioether (sulfide) groups is 1. The molecule has 1 heterocycles. The second kappa shape index (κ2) is 6.71. The number of rotatable bonds is 5. The molecule has 2 N–H and O–H groups in total. The highest BCUT2D eigenvalue weighted by atomic mass is 32.2. The molecule has 0 aliphatic rings. The summed E-state index contributed by atoms with van der Waals surface area (Å²) in [5.74, 6) is -0.249. The Hall–Kier alpha value is -2.87. The zero-order valence-electron chi connectivity index (χ0n) is 12.7. The molecule has 0 bridgehead atoms. The number of carbonyl (C=O) groups excluding carboxylic acids is 1. The highest BCUT2D eigenvalue weighted by molar-refractivity contribution is 8.00. The lowest BCUT2D eigenvalue weighted by Gasteiger charge is -2.10. The van der Waals surface area contributed by atoms with Crippen LogP contribution in [0.3, 0.4) is 0 Å². The van der Waals surface area contributed by atoms with Crippen LogP contribution in [0.2, 0.25) is 0 Å². The van der Waals surface area contributed by atoms with Gasteiger partial charge in [0.05, 0.1) is 21.2 Å². The van der Waals surface area contributed by atoms with Gasteiger partial charge in [-0.2, -0.15) is 0 Å². The summed E-state index contributed by atoms with van der Waals surface area (Å²) in [7, 11) is 0. The Morgan fingerprint density at radius 3 is 2.83 bits per heavy atom. The number of carbonyl (C=O) groups is 1. The van der Waals surface area contributed by atoms with E-state index in [9.17, 15) is 14.9 Å². The lowest BCUT2D eigenvalue weighted by Crippen LogP contribution is -2.22. The monoisotopic (exact) mass is 342 g/mol. The maximum absolute atomic E-state index is 12.3. The third-order valence-corrected chi connectivity index (χ3v) is 4.33. The molecule has 0 fully saturated rings. The maximum Gasteiger partial charge on any atom is 0.271 e. The number of para-hydroxylation sites is 2. The van der Waals surface area contributed by atoms with Gasteiger partial charge in [-0.1, -0.05) is 30.0 Å². The van der Waals surface area contributed by atoms with Crippen molar-refractivity contribution in [3.8, 4) is 0 Å². The van der Waals surface area contributed by atoms with Gasteiger partial charge in [0.15, 0.2) is 5.16 Å². The minimum atomic E-state index is -0.498. The van der Waals surface area contributed by atoms with Gasteiger partial charge in [0.25, 0.3) is 5.69 Å². The van der Waals surface area contributed by atoms with E-state index in [0.29, 0.717) is 10.8 Å². The molecular formula is C16H14N4O3S. The first kappa shape index (κ1) is 16.0. The van der Waals surface area contributed by atoms with Crippen molar-refractivity contribution in [2.24, 2.45) is 0 Å². The van der Waals surface area contributed by atoms with Crippen LogP contribution >= 0.6 is 11.8 Å². The van der Waals surface area contributed by atoms with Gasteiger partial charge >= 0.3 is 0 Å². The number of nitrogens with one attached hydrogen (secondary N) is 2. The number of aromatic nitrogens is 2. The molecule has 0 aliphatic carbocycles. The number of benzene rings is 2. The van der Waals surface area contributed by atoms with Crippen LogP contribution in [0.5, 0.6) is 0 Å². The molecule has 3 aromatic rings. The molecule has 122 valence electrons. The fourth-order valence-electron chi connectivity index (χ4n) is 2.15. The van der Waals surface area contributed by atoms with Crippen molar-refractivity contribution < 1.29 is 9.72 Å². The van der Waals surface area contributed by atoms with E-state index in [0.717, 1.165) is 11.0 Å². The van der Waals surface area contributed by atoms with Crippen LogP contribution in [0.15, 0.2) is 53.7 Å². The quantitative estimate of drug-likeness (QED) is 0.419. The van der Waals surface area contributed by atoms with E-state index >= 15 is 0 Å². The van der Waals surface area contributed by atoms with Gasteiger partial charge in [-0.15, -0.1) is 0 Å². The molecule has 24 heavy (non-hydrogen) atoms. The average molecular weight is 342 g/mol. The van der Waals surface area contributed by atoms with Crippen LogP contribution in [0.25, 0.3) is 11.0 Å². The Bertz CT molecular complexity index is 876. The number of amides is 1. The van der Waals surface area contributed by atoms with Gasteiger partial charge in [0.2, 0.25) is 5.91 Å². The van der Waals surface area contributed by atoms with E-state index < -0.39 is 10.2 Å². The van der Waals surface area contributed by atoms with Crippen molar-refractivity contribution >= 4 is 40.1 Å². The van der Waals surface area contributed by atoms with Gasteiger partial charge in [-0.05, 0) is 25.1 Å². The normalized spacial score (nSPS) is 12.0. The van der Waals surface area contributed by atoms with Crippen molar-refractivity contribution in [2.45, 2.75) is 17.3 Å². The minimum Gasteiger partial charge on any atom is -0.333 e. The van der Waals surface area contributed by atoms with Crippen LogP contribution < -0.4 is 5.32 Å². The van der Waals surface area contributed by atoms with Crippen LogP contribution in [0.1, 0.15) is 6.92 Å². The predicted molar refractivity (Wildman–Crippen MR) is 93.1 cm³/mol. The summed E-state index contributed by atoms with van der Waals surface area (Å²) in [4.78, 5) is 30.1. The molecule has 1 atom stereocenters. The van der Waals surface area contributed by atoms with E-state index in [1.165, 1.54) is 30.0 Å². The van der Waals surface area contributed by atoms with Gasteiger partial charge < -0.3 is 10.3 Å². The first-order chi connectivity index (χ1) is 11.5. The SMILES string of the molecule is C[C@H](Sc1nc2ccccc2[nH]1)C(=O)Nc1cccc([N+](=O)[O-])c1. The fraction of sp³-hybridized carbons (Fsp3) is 0.125. The molecule has 0 saturated heterocycles. The van der Waals surface area contributed by atoms with E-state index in [1.807, 2.05) is 24.3 Å². The van der Waals surface area contributed by atoms with Crippen molar-refractivity contribution in [2.75, 3.05) is 5.32 Å². The van der Waals surface area contributed by atoms with Gasteiger partial charge in [-0.3, -0.25) is 14.9 Å². The van der Waals surface area contributed by atoms with Crippen LogP contribution in [-0.2, 0) is 4.79 Å². The zero-order valence-corrected chi connectivity index (χ0v) is 13.5. The molecule has 8 heteroatoms. The number of nitro groups is 1. The zero-order chi connectivity index (χ0) is 17.1. The van der Waals surface area contributed by atoms with E-state index in [2.05, 4.69) is 15.3 Å². The molecular weight excluding hydrogens is 328 g/mol. The van der Waals surface area contributed by atoms with E-state index in [-0.39, 0.29) is 11.6 Å². The lowest BCUT2D eigenvalue weighted by molar-refractivity contribution is -0.384. The van der Waals surface area contributed by atoms with Crippen LogP contribution in [0.4, 0.5) is 11.4 Å². The fourth-order valence-corrected chi connectivity index (χ4v) is 2.97.